The van der Waals surface area contributed by atoms with Crippen LogP contribution in [0.25, 0.3) is 0 Å². The molecule has 0 heterocycles. The van der Waals surface area contributed by atoms with Crippen LogP contribution >= 0.6 is 0 Å². The molecule has 0 amide bonds. The Kier molecular flexibility index (Phi) is 7.28. The predicted octanol–water partition coefficient (Wildman–Crippen LogP) is 1.99. The van der Waals surface area contributed by atoms with E-state index in [1.54, 1.807) is 37.3 Å². The van der Waals surface area contributed by atoms with Gasteiger partial charge in [-0.3, -0.25) is 0 Å². The lowest BCUT2D eigenvalue weighted by Gasteiger charge is -2.12. The van der Waals surface area contributed by atoms with Crippen molar-refractivity contribution in [2.24, 2.45) is 0 Å². The van der Waals surface area contributed by atoms with Crippen molar-refractivity contribution >= 4 is 15.7 Å². The third-order valence-corrected chi connectivity index (χ3v) is 4.14. The van der Waals surface area contributed by atoms with Crippen LogP contribution in [0.5, 0.6) is 0 Å². The summed E-state index contributed by atoms with van der Waals surface area (Å²) in [6.07, 6.45) is 2.61. The second-order valence-corrected chi connectivity index (χ2v) is 5.85. The first-order valence-corrected chi connectivity index (χ1v) is 8.11. The van der Waals surface area contributed by atoms with Crippen LogP contribution in [0, 0.1) is 0 Å². The Morgan fingerprint density at radius 2 is 2.05 bits per heavy atom. The quantitative estimate of drug-likeness (QED) is 0.512. The Morgan fingerprint density at radius 3 is 2.75 bits per heavy atom. The van der Waals surface area contributed by atoms with Crippen LogP contribution in [0.1, 0.15) is 13.3 Å². The van der Waals surface area contributed by atoms with Crippen molar-refractivity contribution < 1.29 is 13.2 Å². The first-order chi connectivity index (χ1) is 9.61. The fourth-order valence-corrected chi connectivity index (χ4v) is 2.86. The molecule has 112 valence electrons. The molecule has 0 saturated heterocycles. The molecule has 0 bridgehead atoms. The van der Waals surface area contributed by atoms with Crippen LogP contribution in [-0.4, -0.2) is 34.7 Å². The molecule has 1 rings (SSSR count). The third-order valence-electron chi connectivity index (χ3n) is 2.54. The molecule has 0 aromatic heterocycles. The summed E-state index contributed by atoms with van der Waals surface area (Å²) in [6, 6.07) is 6.83. The summed E-state index contributed by atoms with van der Waals surface area (Å²) < 4.78 is 31.9. The zero-order chi connectivity index (χ0) is 14.8. The van der Waals surface area contributed by atoms with E-state index >= 15 is 0 Å². The molecule has 0 spiro atoms. The predicted molar refractivity (Wildman–Crippen MR) is 81.4 cm³/mol. The number of anilines is 1. The molecule has 1 aromatic rings. The van der Waals surface area contributed by atoms with Gasteiger partial charge >= 0.3 is 0 Å². The molecule has 0 unspecified atom stereocenters. The topological polar surface area (TPSA) is 67.4 Å². The molecule has 0 aliphatic rings. The van der Waals surface area contributed by atoms with Crippen molar-refractivity contribution in [2.75, 3.05) is 31.6 Å². The lowest BCUT2D eigenvalue weighted by atomic mass is 10.3. The molecular weight excluding hydrogens is 276 g/mol. The minimum atomic E-state index is -3.46. The van der Waals surface area contributed by atoms with E-state index in [4.69, 9.17) is 4.74 Å². The minimum Gasteiger partial charge on any atom is -0.382 e. The van der Waals surface area contributed by atoms with E-state index in [1.165, 1.54) is 0 Å². The van der Waals surface area contributed by atoms with Gasteiger partial charge in [0.1, 0.15) is 4.90 Å². The fraction of sp³-hybridized carbons (Fsp3) is 0.429. The Balaban J connectivity index is 2.60. The van der Waals surface area contributed by atoms with Gasteiger partial charge in [-0.15, -0.1) is 6.58 Å². The summed E-state index contributed by atoms with van der Waals surface area (Å²) in [4.78, 5) is 0.257. The number of rotatable bonds is 10. The second kappa shape index (κ2) is 8.73. The first kappa shape index (κ1) is 16.7. The van der Waals surface area contributed by atoms with Gasteiger partial charge < -0.3 is 10.1 Å². The first-order valence-electron chi connectivity index (χ1n) is 6.63. The molecule has 0 saturated carbocycles. The zero-order valence-corrected chi connectivity index (χ0v) is 12.6. The van der Waals surface area contributed by atoms with E-state index < -0.39 is 10.0 Å². The summed E-state index contributed by atoms with van der Waals surface area (Å²) in [5, 5.41) is 3.08. The molecule has 0 radical (unpaired) electrons. The van der Waals surface area contributed by atoms with Crippen molar-refractivity contribution in [1.82, 2.24) is 4.72 Å². The summed E-state index contributed by atoms with van der Waals surface area (Å²) >= 11 is 0. The summed E-state index contributed by atoms with van der Waals surface area (Å²) in [5.74, 6) is 0. The monoisotopic (exact) mass is 298 g/mol. The van der Waals surface area contributed by atoms with E-state index in [0.29, 0.717) is 32.0 Å². The van der Waals surface area contributed by atoms with Gasteiger partial charge in [0.05, 0.1) is 18.9 Å². The van der Waals surface area contributed by atoms with Gasteiger partial charge in [0, 0.05) is 13.1 Å². The maximum Gasteiger partial charge on any atom is 0.242 e. The molecule has 0 atom stereocenters. The lowest BCUT2D eigenvalue weighted by Crippen LogP contribution is -2.24. The average molecular weight is 298 g/mol. The highest BCUT2D eigenvalue weighted by molar-refractivity contribution is 7.89. The maximum atomic E-state index is 12.0. The van der Waals surface area contributed by atoms with E-state index in [0.717, 1.165) is 6.42 Å². The summed E-state index contributed by atoms with van der Waals surface area (Å²) in [7, 11) is -3.46. The summed E-state index contributed by atoms with van der Waals surface area (Å²) in [5.41, 5.74) is 0.584. The summed E-state index contributed by atoms with van der Waals surface area (Å²) in [6.45, 7) is 7.42. The molecular formula is C14H22N2O3S. The van der Waals surface area contributed by atoms with Gasteiger partial charge in [-0.1, -0.05) is 25.1 Å². The normalized spacial score (nSPS) is 11.2. The Hall–Kier alpha value is -1.37. The number of hydrogen-bond donors (Lipinski definition) is 2. The van der Waals surface area contributed by atoms with Gasteiger partial charge in [-0.25, -0.2) is 13.1 Å². The van der Waals surface area contributed by atoms with Gasteiger partial charge in [-0.2, -0.15) is 0 Å². The highest BCUT2D eigenvalue weighted by atomic mass is 32.2. The van der Waals surface area contributed by atoms with Gasteiger partial charge in [0.15, 0.2) is 0 Å². The van der Waals surface area contributed by atoms with Crippen molar-refractivity contribution in [3.63, 3.8) is 0 Å². The van der Waals surface area contributed by atoms with Gasteiger partial charge in [-0.05, 0) is 18.6 Å². The van der Waals surface area contributed by atoms with Gasteiger partial charge in [0.25, 0.3) is 0 Å². The van der Waals surface area contributed by atoms with Crippen LogP contribution in [0.4, 0.5) is 5.69 Å². The van der Waals surface area contributed by atoms with Crippen LogP contribution in [0.3, 0.4) is 0 Å². The van der Waals surface area contributed by atoms with Gasteiger partial charge in [0.2, 0.25) is 10.0 Å². The Labute approximate surface area is 121 Å². The van der Waals surface area contributed by atoms with E-state index in [1.807, 2.05) is 0 Å². The van der Waals surface area contributed by atoms with Crippen molar-refractivity contribution in [3.05, 3.63) is 36.9 Å². The number of hydrogen-bond acceptors (Lipinski definition) is 4. The van der Waals surface area contributed by atoms with E-state index in [2.05, 4.69) is 16.6 Å². The zero-order valence-electron chi connectivity index (χ0n) is 11.8. The van der Waals surface area contributed by atoms with E-state index in [9.17, 15) is 8.42 Å². The number of sulfonamides is 1. The molecule has 2 N–H and O–H groups in total. The SMILES string of the molecule is C=CCCOCCNc1ccccc1S(=O)(=O)NCC. The molecule has 0 aliphatic carbocycles. The minimum absolute atomic E-state index is 0.257. The van der Waals surface area contributed by atoms with Crippen molar-refractivity contribution in [1.29, 1.82) is 0 Å². The lowest BCUT2D eigenvalue weighted by molar-refractivity contribution is 0.149. The van der Waals surface area contributed by atoms with E-state index in [-0.39, 0.29) is 4.90 Å². The Bertz CT molecular complexity index is 515. The van der Waals surface area contributed by atoms with Crippen LogP contribution in [0.2, 0.25) is 0 Å². The number of para-hydroxylation sites is 1. The third kappa shape index (κ3) is 5.32. The molecule has 1 aromatic carbocycles. The number of nitrogens with one attached hydrogen (secondary N) is 2. The highest BCUT2D eigenvalue weighted by Gasteiger charge is 2.16. The van der Waals surface area contributed by atoms with Crippen LogP contribution < -0.4 is 10.0 Å². The fourth-order valence-electron chi connectivity index (χ4n) is 1.64. The van der Waals surface area contributed by atoms with Crippen LogP contribution in [0.15, 0.2) is 41.8 Å². The number of benzene rings is 1. The Morgan fingerprint density at radius 1 is 1.30 bits per heavy atom. The average Bonchev–Trinajstić information content (AvgIpc) is 2.43. The van der Waals surface area contributed by atoms with Crippen LogP contribution in [-0.2, 0) is 14.8 Å². The molecule has 5 nitrogen and oxygen atoms in total. The molecule has 0 aliphatic heterocycles. The van der Waals surface area contributed by atoms with Crippen molar-refractivity contribution in [3.8, 4) is 0 Å². The maximum absolute atomic E-state index is 12.0. The smallest absolute Gasteiger partial charge is 0.242 e. The molecule has 0 fully saturated rings. The molecule has 20 heavy (non-hydrogen) atoms. The standard InChI is InChI=1S/C14H22N2O3S/c1-3-5-11-19-12-10-15-13-8-6-7-9-14(13)20(17,18)16-4-2/h3,6-9,15-16H,1,4-5,10-12H2,2H3. The highest BCUT2D eigenvalue weighted by Crippen LogP contribution is 2.20. The largest absolute Gasteiger partial charge is 0.382 e. The molecule has 6 heteroatoms. The second-order valence-electron chi connectivity index (χ2n) is 4.11. The number of ether oxygens (including phenoxy) is 1. The van der Waals surface area contributed by atoms with Crippen molar-refractivity contribution in [2.45, 2.75) is 18.2 Å².